The summed E-state index contributed by atoms with van der Waals surface area (Å²) in [7, 11) is 0. The van der Waals surface area contributed by atoms with Crippen LogP contribution in [0.2, 0.25) is 0 Å². The molecule has 0 spiro atoms. The molecule has 0 fully saturated rings. The van der Waals surface area contributed by atoms with E-state index in [1.807, 2.05) is 54.6 Å². The smallest absolute Gasteiger partial charge is 0.343 e. The highest BCUT2D eigenvalue weighted by atomic mass is 16.6. The Balaban J connectivity index is 1.83. The molecule has 34 heavy (non-hydrogen) atoms. The summed E-state index contributed by atoms with van der Waals surface area (Å²) in [6.07, 6.45) is 2.58. The van der Waals surface area contributed by atoms with Gasteiger partial charge in [-0.1, -0.05) is 92.2 Å². The molecule has 0 unspecified atom stereocenters. The molecule has 0 saturated heterocycles. The molecule has 0 N–H and O–H groups in total. The molecule has 0 radical (unpaired) electrons. The van der Waals surface area contributed by atoms with Crippen LogP contribution in [-0.4, -0.2) is 11.9 Å². The molecule has 0 aliphatic carbocycles. The molecule has 4 rings (SSSR count). The van der Waals surface area contributed by atoms with Crippen molar-refractivity contribution in [1.29, 1.82) is 0 Å². The number of hydrogen-bond donors (Lipinski definition) is 0. The van der Waals surface area contributed by atoms with Crippen LogP contribution in [0.25, 0.3) is 11.1 Å². The number of rotatable bonds is 8. The van der Waals surface area contributed by atoms with Gasteiger partial charge >= 0.3 is 11.9 Å². The summed E-state index contributed by atoms with van der Waals surface area (Å²) in [5.41, 5.74) is 3.20. The molecule has 4 aromatic rings. The van der Waals surface area contributed by atoms with Crippen LogP contribution in [0.15, 0.2) is 103 Å². The highest BCUT2D eigenvalue weighted by molar-refractivity contribution is 5.95. The predicted molar refractivity (Wildman–Crippen MR) is 133 cm³/mol. The van der Waals surface area contributed by atoms with Crippen LogP contribution in [0.1, 0.15) is 46.0 Å². The van der Waals surface area contributed by atoms with Crippen molar-refractivity contribution in [3.63, 3.8) is 0 Å². The first-order valence-corrected chi connectivity index (χ1v) is 11.4. The average molecular weight is 451 g/mol. The molecule has 170 valence electrons. The van der Waals surface area contributed by atoms with Gasteiger partial charge in [0, 0.05) is 5.56 Å². The minimum atomic E-state index is -0.512. The summed E-state index contributed by atoms with van der Waals surface area (Å²) in [5, 5.41) is 0. The molecule has 0 aromatic heterocycles. The van der Waals surface area contributed by atoms with Gasteiger partial charge in [0.15, 0.2) is 11.5 Å². The van der Waals surface area contributed by atoms with Gasteiger partial charge in [-0.25, -0.2) is 9.59 Å². The van der Waals surface area contributed by atoms with Crippen LogP contribution in [0.5, 0.6) is 11.5 Å². The molecule has 0 aliphatic rings. The Hall–Kier alpha value is -4.18. The van der Waals surface area contributed by atoms with E-state index in [2.05, 4.69) is 6.92 Å². The van der Waals surface area contributed by atoms with Gasteiger partial charge in [-0.15, -0.1) is 0 Å². The van der Waals surface area contributed by atoms with Crippen molar-refractivity contribution in [3.8, 4) is 22.6 Å². The molecular formula is C30H26O4. The molecule has 0 heterocycles. The van der Waals surface area contributed by atoms with Crippen LogP contribution in [0.3, 0.4) is 0 Å². The van der Waals surface area contributed by atoms with Gasteiger partial charge in [0.2, 0.25) is 0 Å². The highest BCUT2D eigenvalue weighted by Crippen LogP contribution is 2.42. The Bertz CT molecular complexity index is 1250. The van der Waals surface area contributed by atoms with Crippen molar-refractivity contribution in [2.75, 3.05) is 0 Å². The van der Waals surface area contributed by atoms with Gasteiger partial charge in [-0.2, -0.15) is 0 Å². The van der Waals surface area contributed by atoms with Crippen LogP contribution < -0.4 is 9.47 Å². The Kier molecular flexibility index (Phi) is 7.51. The van der Waals surface area contributed by atoms with Crippen molar-refractivity contribution in [1.82, 2.24) is 0 Å². The first-order valence-electron chi connectivity index (χ1n) is 11.4. The van der Waals surface area contributed by atoms with Gasteiger partial charge in [0.25, 0.3) is 0 Å². The molecule has 0 saturated carbocycles. The summed E-state index contributed by atoms with van der Waals surface area (Å²) in [6.45, 7) is 2.10. The van der Waals surface area contributed by atoms with E-state index in [0.29, 0.717) is 23.1 Å². The van der Waals surface area contributed by atoms with Crippen LogP contribution in [-0.2, 0) is 6.42 Å². The largest absolute Gasteiger partial charge is 0.419 e. The Morgan fingerprint density at radius 2 is 1.12 bits per heavy atom. The maximum absolute atomic E-state index is 13.1. The quantitative estimate of drug-likeness (QED) is 0.212. The van der Waals surface area contributed by atoms with E-state index >= 15 is 0 Å². The third-order valence-electron chi connectivity index (χ3n) is 5.49. The topological polar surface area (TPSA) is 52.6 Å². The number of unbranched alkanes of at least 4 members (excludes halogenated alkanes) is 1. The Morgan fingerprint density at radius 1 is 0.618 bits per heavy atom. The second kappa shape index (κ2) is 11.1. The number of benzene rings is 4. The van der Waals surface area contributed by atoms with Crippen LogP contribution in [0.4, 0.5) is 0 Å². The third-order valence-corrected chi connectivity index (χ3v) is 5.49. The minimum Gasteiger partial charge on any atom is -0.419 e. The highest BCUT2D eigenvalue weighted by Gasteiger charge is 2.23. The zero-order valence-electron chi connectivity index (χ0n) is 19.1. The van der Waals surface area contributed by atoms with Crippen molar-refractivity contribution < 1.29 is 19.1 Å². The second-order valence-corrected chi connectivity index (χ2v) is 7.91. The fourth-order valence-corrected chi connectivity index (χ4v) is 3.68. The van der Waals surface area contributed by atoms with Crippen molar-refractivity contribution in [2.45, 2.75) is 26.2 Å². The number of hydrogen-bond acceptors (Lipinski definition) is 4. The maximum atomic E-state index is 13.1. The number of carbonyl (C=O) groups excluding carboxylic acids is 2. The van der Waals surface area contributed by atoms with E-state index in [4.69, 9.17) is 9.47 Å². The van der Waals surface area contributed by atoms with E-state index in [-0.39, 0.29) is 11.5 Å². The summed E-state index contributed by atoms with van der Waals surface area (Å²) >= 11 is 0. The average Bonchev–Trinajstić information content (AvgIpc) is 2.90. The zero-order chi connectivity index (χ0) is 23.8. The van der Waals surface area contributed by atoms with Gasteiger partial charge in [-0.05, 0) is 48.2 Å². The summed E-state index contributed by atoms with van der Waals surface area (Å²) in [5.74, 6) is -0.478. The molecule has 4 aromatic carbocycles. The van der Waals surface area contributed by atoms with E-state index in [1.54, 1.807) is 48.5 Å². The number of carbonyl (C=O) groups is 2. The first kappa shape index (κ1) is 23.0. The number of ether oxygens (including phenoxy) is 2. The van der Waals surface area contributed by atoms with Crippen molar-refractivity contribution >= 4 is 11.9 Å². The first-order chi connectivity index (χ1) is 16.7. The van der Waals surface area contributed by atoms with Crippen LogP contribution >= 0.6 is 0 Å². The number of esters is 2. The lowest BCUT2D eigenvalue weighted by Gasteiger charge is -2.18. The molecule has 4 heteroatoms. The maximum Gasteiger partial charge on any atom is 0.343 e. The predicted octanol–water partition coefficient (Wildman–Crippen LogP) is 7.13. The normalized spacial score (nSPS) is 10.5. The molecule has 0 bridgehead atoms. The molecule has 4 nitrogen and oxygen atoms in total. The van der Waals surface area contributed by atoms with Crippen molar-refractivity contribution in [3.05, 3.63) is 120 Å². The summed E-state index contributed by atoms with van der Waals surface area (Å²) < 4.78 is 11.9. The van der Waals surface area contributed by atoms with E-state index in [9.17, 15) is 9.59 Å². The SMILES string of the molecule is CCCCc1ccc(-c2ccccc2)c(OC(=O)c2ccccc2)c1OC(=O)c1ccccc1. The van der Waals surface area contributed by atoms with Gasteiger partial charge in [0.05, 0.1) is 11.1 Å². The van der Waals surface area contributed by atoms with E-state index in [1.165, 1.54) is 0 Å². The zero-order valence-corrected chi connectivity index (χ0v) is 19.1. The molecule has 0 aliphatic heterocycles. The lowest BCUT2D eigenvalue weighted by atomic mass is 9.99. The molecular weight excluding hydrogens is 424 g/mol. The molecule has 0 atom stereocenters. The fraction of sp³-hybridized carbons (Fsp3) is 0.133. The summed E-state index contributed by atoms with van der Waals surface area (Å²) in [4.78, 5) is 26.1. The third kappa shape index (κ3) is 5.41. The fourth-order valence-electron chi connectivity index (χ4n) is 3.68. The Morgan fingerprint density at radius 3 is 1.65 bits per heavy atom. The minimum absolute atomic E-state index is 0.248. The van der Waals surface area contributed by atoms with E-state index < -0.39 is 11.9 Å². The Labute approximate surface area is 199 Å². The lowest BCUT2D eigenvalue weighted by molar-refractivity contribution is 0.0682. The molecule has 0 amide bonds. The second-order valence-electron chi connectivity index (χ2n) is 7.91. The summed E-state index contributed by atoms with van der Waals surface area (Å²) in [6, 6.07) is 31.1. The van der Waals surface area contributed by atoms with Gasteiger partial charge < -0.3 is 9.47 Å². The van der Waals surface area contributed by atoms with Crippen molar-refractivity contribution in [2.24, 2.45) is 0 Å². The lowest BCUT2D eigenvalue weighted by Crippen LogP contribution is -2.14. The van der Waals surface area contributed by atoms with Gasteiger partial charge in [-0.3, -0.25) is 0 Å². The van der Waals surface area contributed by atoms with E-state index in [0.717, 1.165) is 24.0 Å². The monoisotopic (exact) mass is 450 g/mol. The van der Waals surface area contributed by atoms with Crippen LogP contribution in [0, 0.1) is 0 Å². The van der Waals surface area contributed by atoms with Gasteiger partial charge in [0.1, 0.15) is 0 Å². The standard InChI is InChI=1S/C30H26O4/c1-2-3-13-23-20-21-26(22-14-7-4-8-15-22)28(34-30(32)25-18-11-6-12-19-25)27(23)33-29(31)24-16-9-5-10-17-24/h4-12,14-21H,2-3,13H2,1H3. The number of aryl methyl sites for hydroxylation is 1.